The van der Waals surface area contributed by atoms with E-state index >= 15 is 0 Å². The maximum absolute atomic E-state index is 5.51. The van der Waals surface area contributed by atoms with Gasteiger partial charge in [0.1, 0.15) is 0 Å². The number of aromatic nitrogens is 1. The fourth-order valence-corrected chi connectivity index (χ4v) is 2.47. The summed E-state index contributed by atoms with van der Waals surface area (Å²) < 4.78 is 5.51. The Morgan fingerprint density at radius 2 is 2.44 bits per heavy atom. The largest absolute Gasteiger partial charge is 0.476 e. The Hall–Kier alpha value is -1.29. The van der Waals surface area contributed by atoms with Crippen LogP contribution in [0.5, 0.6) is 5.88 Å². The van der Waals surface area contributed by atoms with Gasteiger partial charge in [-0.2, -0.15) is 0 Å². The lowest BCUT2D eigenvalue weighted by atomic mass is 9.98. The number of hydrogen-bond donors (Lipinski definition) is 1. The van der Waals surface area contributed by atoms with Crippen LogP contribution in [0.1, 0.15) is 19.8 Å². The van der Waals surface area contributed by atoms with Crippen molar-refractivity contribution in [3.05, 3.63) is 18.3 Å². The summed E-state index contributed by atoms with van der Waals surface area (Å²) in [5, 5.41) is 3.47. The fourth-order valence-electron chi connectivity index (χ4n) is 2.47. The topological polar surface area (TPSA) is 37.4 Å². The minimum atomic E-state index is 0.651. The van der Waals surface area contributed by atoms with E-state index in [0.717, 1.165) is 18.2 Å². The first-order valence-corrected chi connectivity index (χ1v) is 6.80. The lowest BCUT2D eigenvalue weighted by Crippen LogP contribution is -2.35. The zero-order valence-electron chi connectivity index (χ0n) is 11.4. The molecule has 100 valence electrons. The van der Waals surface area contributed by atoms with E-state index in [0.29, 0.717) is 12.5 Å². The molecule has 0 bridgehead atoms. The number of hydrogen-bond acceptors (Lipinski definition) is 4. The summed E-state index contributed by atoms with van der Waals surface area (Å²) in [6, 6.07) is 3.97. The zero-order valence-corrected chi connectivity index (χ0v) is 11.4. The van der Waals surface area contributed by atoms with Crippen molar-refractivity contribution in [3.63, 3.8) is 0 Å². The van der Waals surface area contributed by atoms with Crippen molar-refractivity contribution in [2.24, 2.45) is 5.92 Å². The highest BCUT2D eigenvalue weighted by Crippen LogP contribution is 2.22. The summed E-state index contributed by atoms with van der Waals surface area (Å²) in [6.07, 6.45) is 4.38. The molecule has 18 heavy (non-hydrogen) atoms. The van der Waals surface area contributed by atoms with E-state index in [1.54, 1.807) is 6.20 Å². The Labute approximate surface area is 109 Å². The summed E-state index contributed by atoms with van der Waals surface area (Å²) in [5.74, 6) is 1.43. The van der Waals surface area contributed by atoms with Crippen LogP contribution in [-0.4, -0.2) is 43.2 Å². The number of likely N-dealkylation sites (tertiary alicyclic amines) is 1. The molecule has 0 amide bonds. The molecule has 0 aromatic carbocycles. The molecule has 1 atom stereocenters. The maximum atomic E-state index is 5.51. The fraction of sp³-hybridized carbons (Fsp3) is 0.643. The van der Waals surface area contributed by atoms with Crippen LogP contribution in [0.3, 0.4) is 0 Å². The molecular formula is C14H23N3O. The van der Waals surface area contributed by atoms with Gasteiger partial charge in [-0.05, 0) is 51.4 Å². The standard InChI is InChI=1S/C14H23N3O/c1-3-18-14-13(7-4-8-15-14)16-10-12-6-5-9-17(2)11-12/h4,7-8,12,16H,3,5-6,9-11H2,1-2H3. The van der Waals surface area contributed by atoms with Gasteiger partial charge in [0, 0.05) is 19.3 Å². The van der Waals surface area contributed by atoms with Crippen molar-refractivity contribution >= 4 is 5.69 Å². The second-order valence-corrected chi connectivity index (χ2v) is 4.94. The predicted octanol–water partition coefficient (Wildman–Crippen LogP) is 2.23. The normalized spacial score (nSPS) is 20.7. The van der Waals surface area contributed by atoms with Gasteiger partial charge in [0.25, 0.3) is 0 Å². The first-order chi connectivity index (χ1) is 8.79. The molecule has 0 radical (unpaired) electrons. The van der Waals surface area contributed by atoms with Crippen LogP contribution >= 0.6 is 0 Å². The molecule has 1 N–H and O–H groups in total. The van der Waals surface area contributed by atoms with Crippen molar-refractivity contribution < 1.29 is 4.74 Å². The lowest BCUT2D eigenvalue weighted by molar-refractivity contribution is 0.217. The Bertz CT molecular complexity index is 370. The lowest BCUT2D eigenvalue weighted by Gasteiger charge is -2.30. The number of ether oxygens (including phenoxy) is 1. The van der Waals surface area contributed by atoms with Crippen LogP contribution in [-0.2, 0) is 0 Å². The average Bonchev–Trinajstić information content (AvgIpc) is 2.38. The molecule has 1 aromatic rings. The molecule has 4 heteroatoms. The van der Waals surface area contributed by atoms with Crippen molar-refractivity contribution in [1.82, 2.24) is 9.88 Å². The van der Waals surface area contributed by atoms with Crippen LogP contribution in [0.2, 0.25) is 0 Å². The Balaban J connectivity index is 1.89. The van der Waals surface area contributed by atoms with Crippen LogP contribution in [0, 0.1) is 5.92 Å². The highest BCUT2D eigenvalue weighted by Gasteiger charge is 2.17. The average molecular weight is 249 g/mol. The number of anilines is 1. The van der Waals surface area contributed by atoms with Crippen LogP contribution in [0.4, 0.5) is 5.69 Å². The van der Waals surface area contributed by atoms with Gasteiger partial charge in [0.15, 0.2) is 0 Å². The maximum Gasteiger partial charge on any atom is 0.237 e. The minimum Gasteiger partial charge on any atom is -0.476 e. The molecule has 1 aromatic heterocycles. The molecule has 2 rings (SSSR count). The second kappa shape index (κ2) is 6.59. The van der Waals surface area contributed by atoms with E-state index in [1.165, 1.54) is 25.9 Å². The molecule has 2 heterocycles. The van der Waals surface area contributed by atoms with Crippen molar-refractivity contribution in [3.8, 4) is 5.88 Å². The monoisotopic (exact) mass is 249 g/mol. The molecule has 1 aliphatic rings. The number of piperidine rings is 1. The second-order valence-electron chi connectivity index (χ2n) is 4.94. The smallest absolute Gasteiger partial charge is 0.237 e. The first-order valence-electron chi connectivity index (χ1n) is 6.80. The highest BCUT2D eigenvalue weighted by atomic mass is 16.5. The SMILES string of the molecule is CCOc1ncccc1NCC1CCCN(C)C1. The summed E-state index contributed by atoms with van der Waals surface area (Å²) in [5.41, 5.74) is 1.01. The summed E-state index contributed by atoms with van der Waals surface area (Å²) >= 11 is 0. The summed E-state index contributed by atoms with van der Waals surface area (Å²) in [7, 11) is 2.20. The molecule has 1 saturated heterocycles. The molecule has 0 saturated carbocycles. The number of nitrogens with one attached hydrogen (secondary N) is 1. The third-order valence-electron chi connectivity index (χ3n) is 3.36. The molecule has 1 aliphatic heterocycles. The van der Waals surface area contributed by atoms with Crippen molar-refractivity contribution in [2.45, 2.75) is 19.8 Å². The van der Waals surface area contributed by atoms with Crippen LogP contribution < -0.4 is 10.1 Å². The van der Waals surface area contributed by atoms with E-state index in [2.05, 4.69) is 22.2 Å². The Morgan fingerprint density at radius 1 is 1.56 bits per heavy atom. The van der Waals surface area contributed by atoms with Gasteiger partial charge in [0.2, 0.25) is 5.88 Å². The quantitative estimate of drug-likeness (QED) is 0.868. The molecule has 4 nitrogen and oxygen atoms in total. The van der Waals surface area contributed by atoms with Crippen molar-refractivity contribution in [1.29, 1.82) is 0 Å². The van der Waals surface area contributed by atoms with E-state index in [1.807, 2.05) is 19.1 Å². The number of rotatable bonds is 5. The number of nitrogens with zero attached hydrogens (tertiary/aromatic N) is 2. The van der Waals surface area contributed by atoms with E-state index in [9.17, 15) is 0 Å². The van der Waals surface area contributed by atoms with Crippen LogP contribution in [0.25, 0.3) is 0 Å². The molecule has 1 unspecified atom stereocenters. The van der Waals surface area contributed by atoms with E-state index < -0.39 is 0 Å². The van der Waals surface area contributed by atoms with Gasteiger partial charge in [-0.15, -0.1) is 0 Å². The van der Waals surface area contributed by atoms with E-state index in [4.69, 9.17) is 4.74 Å². The van der Waals surface area contributed by atoms with E-state index in [-0.39, 0.29) is 0 Å². The first kappa shape index (κ1) is 13.1. The van der Waals surface area contributed by atoms with Gasteiger partial charge >= 0.3 is 0 Å². The molecular weight excluding hydrogens is 226 g/mol. The van der Waals surface area contributed by atoms with Gasteiger partial charge in [-0.1, -0.05) is 0 Å². The third kappa shape index (κ3) is 3.60. The van der Waals surface area contributed by atoms with Crippen molar-refractivity contribution in [2.75, 3.05) is 38.6 Å². The minimum absolute atomic E-state index is 0.651. The Morgan fingerprint density at radius 3 is 3.22 bits per heavy atom. The van der Waals surface area contributed by atoms with Gasteiger partial charge < -0.3 is 15.0 Å². The summed E-state index contributed by atoms with van der Waals surface area (Å²) in [6.45, 7) is 6.04. The van der Waals surface area contributed by atoms with Gasteiger partial charge in [-0.3, -0.25) is 0 Å². The molecule has 1 fully saturated rings. The molecule has 0 aliphatic carbocycles. The highest BCUT2D eigenvalue weighted by molar-refractivity contribution is 5.51. The Kier molecular flexibility index (Phi) is 4.81. The predicted molar refractivity (Wildman–Crippen MR) is 74.1 cm³/mol. The third-order valence-corrected chi connectivity index (χ3v) is 3.36. The van der Waals surface area contributed by atoms with Crippen LogP contribution in [0.15, 0.2) is 18.3 Å². The summed E-state index contributed by atoms with van der Waals surface area (Å²) in [4.78, 5) is 6.66. The number of pyridine rings is 1. The van der Waals surface area contributed by atoms with Gasteiger partial charge in [-0.25, -0.2) is 4.98 Å². The zero-order chi connectivity index (χ0) is 12.8. The molecule has 0 spiro atoms. The van der Waals surface area contributed by atoms with Gasteiger partial charge in [0.05, 0.1) is 12.3 Å².